The Kier molecular flexibility index (Phi) is 13.2. The monoisotopic (exact) mass is 434 g/mol. The Morgan fingerprint density at radius 3 is 2.16 bits per heavy atom. The van der Waals surface area contributed by atoms with Crippen LogP contribution in [-0.4, -0.2) is 57.6 Å². The first-order chi connectivity index (χ1) is 14.9. The number of nitrogens with one attached hydrogen (secondary N) is 1. The molecule has 0 fully saturated rings. The van der Waals surface area contributed by atoms with E-state index in [-0.39, 0.29) is 17.7 Å². The van der Waals surface area contributed by atoms with Crippen molar-refractivity contribution in [2.75, 3.05) is 38.8 Å². The van der Waals surface area contributed by atoms with Crippen molar-refractivity contribution < 1.29 is 23.9 Å². The van der Waals surface area contributed by atoms with E-state index in [2.05, 4.69) is 5.32 Å². The molecule has 0 bridgehead atoms. The Bertz CT molecular complexity index is 673. The zero-order valence-electron chi connectivity index (χ0n) is 19.4. The molecule has 1 rings (SSSR count). The van der Waals surface area contributed by atoms with Gasteiger partial charge in [-0.25, -0.2) is 0 Å². The molecule has 0 aliphatic rings. The normalized spacial score (nSPS) is 11.6. The van der Waals surface area contributed by atoms with E-state index in [1.807, 2.05) is 43.3 Å². The van der Waals surface area contributed by atoms with Crippen LogP contribution < -0.4 is 10.2 Å². The van der Waals surface area contributed by atoms with Gasteiger partial charge in [0.2, 0.25) is 0 Å². The van der Waals surface area contributed by atoms with E-state index in [0.717, 1.165) is 31.4 Å². The first kappa shape index (κ1) is 26.6. The number of hydrogen-bond donors (Lipinski definition) is 1. The Morgan fingerprint density at radius 2 is 1.55 bits per heavy atom. The Labute approximate surface area is 186 Å². The fourth-order valence-corrected chi connectivity index (χ4v) is 3.20. The third kappa shape index (κ3) is 11.0. The smallest absolute Gasteiger partial charge is 0.323 e. The Morgan fingerprint density at radius 1 is 0.903 bits per heavy atom. The topological polar surface area (TPSA) is 84.9 Å². The highest BCUT2D eigenvalue weighted by molar-refractivity contribution is 5.96. The summed E-state index contributed by atoms with van der Waals surface area (Å²) in [6, 6.07) is 7.08. The molecule has 7 nitrogen and oxygen atoms in total. The van der Waals surface area contributed by atoms with E-state index in [0.29, 0.717) is 44.6 Å². The lowest BCUT2D eigenvalue weighted by Gasteiger charge is -2.17. The molecule has 31 heavy (non-hydrogen) atoms. The van der Waals surface area contributed by atoms with Gasteiger partial charge in [0.15, 0.2) is 5.78 Å². The first-order valence-corrected chi connectivity index (χ1v) is 11.2. The number of carbonyl (C=O) groups excluding carboxylic acids is 3. The fraction of sp³-hybridized carbons (Fsp3) is 0.625. The lowest BCUT2D eigenvalue weighted by molar-refractivity contribution is -0.146. The van der Waals surface area contributed by atoms with Crippen molar-refractivity contribution in [2.24, 2.45) is 0 Å². The molecule has 1 unspecified atom stereocenters. The van der Waals surface area contributed by atoms with Crippen molar-refractivity contribution in [3.8, 4) is 0 Å². The molecule has 0 heterocycles. The van der Waals surface area contributed by atoms with Gasteiger partial charge in [-0.2, -0.15) is 0 Å². The van der Waals surface area contributed by atoms with E-state index < -0.39 is 6.04 Å². The zero-order chi connectivity index (χ0) is 23.1. The van der Waals surface area contributed by atoms with Gasteiger partial charge in [-0.15, -0.1) is 0 Å². The van der Waals surface area contributed by atoms with Gasteiger partial charge in [-0.1, -0.05) is 19.3 Å². The first-order valence-electron chi connectivity index (χ1n) is 11.2. The summed E-state index contributed by atoms with van der Waals surface area (Å²) in [6.07, 6.45) is 4.87. The van der Waals surface area contributed by atoms with Crippen LogP contribution in [0.1, 0.15) is 69.2 Å². The molecule has 7 heteroatoms. The van der Waals surface area contributed by atoms with Crippen LogP contribution in [0.2, 0.25) is 0 Å². The molecule has 0 saturated heterocycles. The summed E-state index contributed by atoms with van der Waals surface area (Å²) in [4.78, 5) is 38.0. The number of anilines is 1. The number of ether oxygens (including phenoxy) is 2. The van der Waals surface area contributed by atoms with Crippen LogP contribution in [0.25, 0.3) is 0 Å². The van der Waals surface area contributed by atoms with Crippen LogP contribution in [-0.2, 0) is 19.1 Å². The highest BCUT2D eigenvalue weighted by atomic mass is 16.5. The van der Waals surface area contributed by atoms with Gasteiger partial charge >= 0.3 is 11.9 Å². The molecular weight excluding hydrogens is 396 g/mol. The van der Waals surface area contributed by atoms with E-state index in [1.165, 1.54) is 0 Å². The molecular formula is C24H38N2O5. The maximum absolute atomic E-state index is 12.4. The van der Waals surface area contributed by atoms with E-state index >= 15 is 0 Å². The fourth-order valence-electron chi connectivity index (χ4n) is 3.20. The minimum Gasteiger partial charge on any atom is -0.466 e. The van der Waals surface area contributed by atoms with Gasteiger partial charge in [-0.05, 0) is 51.0 Å². The van der Waals surface area contributed by atoms with Crippen LogP contribution in [0.3, 0.4) is 0 Å². The molecule has 174 valence electrons. The standard InChI is InChI=1S/C24H38N2O5/c1-5-30-23(28)12-10-8-7-9-11-21(24(29)31-6-2)25-18-17-22(27)19-13-15-20(16-14-19)26(3)4/h13-16,21,25H,5-12,17-18H2,1-4H3. The molecule has 0 saturated carbocycles. The Hall–Kier alpha value is -2.41. The summed E-state index contributed by atoms with van der Waals surface area (Å²) < 4.78 is 10.1. The number of esters is 2. The average molecular weight is 435 g/mol. The van der Waals surface area contributed by atoms with Gasteiger partial charge in [0.1, 0.15) is 6.04 Å². The molecule has 1 aromatic carbocycles. The summed E-state index contributed by atoms with van der Waals surface area (Å²) in [5.74, 6) is -0.397. The molecule has 0 aliphatic carbocycles. The molecule has 0 radical (unpaired) electrons. The summed E-state index contributed by atoms with van der Waals surface area (Å²) in [5, 5.41) is 3.18. The van der Waals surface area contributed by atoms with Gasteiger partial charge in [0.05, 0.1) is 13.2 Å². The van der Waals surface area contributed by atoms with Crippen molar-refractivity contribution in [1.29, 1.82) is 0 Å². The van der Waals surface area contributed by atoms with Gasteiger partial charge in [0, 0.05) is 44.7 Å². The summed E-state index contributed by atoms with van der Waals surface area (Å²) in [6.45, 7) is 4.74. The average Bonchev–Trinajstić information content (AvgIpc) is 2.75. The van der Waals surface area contributed by atoms with Crippen LogP contribution in [0.5, 0.6) is 0 Å². The number of unbranched alkanes of at least 4 members (excludes halogenated alkanes) is 3. The van der Waals surface area contributed by atoms with Crippen LogP contribution in [0.15, 0.2) is 24.3 Å². The second-order valence-electron chi connectivity index (χ2n) is 7.63. The molecule has 1 atom stereocenters. The van der Waals surface area contributed by atoms with Gasteiger partial charge in [-0.3, -0.25) is 14.4 Å². The second-order valence-corrected chi connectivity index (χ2v) is 7.63. The highest BCUT2D eigenvalue weighted by Gasteiger charge is 2.19. The number of ketones is 1. The number of nitrogens with zero attached hydrogens (tertiary/aromatic N) is 1. The van der Waals surface area contributed by atoms with Gasteiger partial charge in [0.25, 0.3) is 0 Å². The number of hydrogen-bond acceptors (Lipinski definition) is 7. The van der Waals surface area contributed by atoms with E-state index in [1.54, 1.807) is 13.8 Å². The van der Waals surface area contributed by atoms with E-state index in [9.17, 15) is 14.4 Å². The zero-order valence-corrected chi connectivity index (χ0v) is 19.4. The predicted molar refractivity (Wildman–Crippen MR) is 122 cm³/mol. The van der Waals surface area contributed by atoms with E-state index in [4.69, 9.17) is 9.47 Å². The van der Waals surface area contributed by atoms with Crippen LogP contribution in [0, 0.1) is 0 Å². The lowest BCUT2D eigenvalue weighted by atomic mass is 10.0. The summed E-state index contributed by atoms with van der Waals surface area (Å²) in [5.41, 5.74) is 1.71. The SMILES string of the molecule is CCOC(=O)CCCCCCC(NCCC(=O)c1ccc(N(C)C)cc1)C(=O)OCC. The number of rotatable bonds is 16. The molecule has 0 aromatic heterocycles. The van der Waals surface area contributed by atoms with Gasteiger partial charge < -0.3 is 19.7 Å². The van der Waals surface area contributed by atoms with Crippen molar-refractivity contribution in [3.63, 3.8) is 0 Å². The second kappa shape index (κ2) is 15.4. The summed E-state index contributed by atoms with van der Waals surface area (Å²) >= 11 is 0. The third-order valence-electron chi connectivity index (χ3n) is 4.95. The number of benzene rings is 1. The van der Waals surface area contributed by atoms with Crippen molar-refractivity contribution >= 4 is 23.4 Å². The minimum atomic E-state index is -0.422. The molecule has 1 aromatic rings. The minimum absolute atomic E-state index is 0.0411. The van der Waals surface area contributed by atoms with Crippen LogP contribution in [0.4, 0.5) is 5.69 Å². The molecule has 0 amide bonds. The van der Waals surface area contributed by atoms with Crippen LogP contribution >= 0.6 is 0 Å². The van der Waals surface area contributed by atoms with Crippen molar-refractivity contribution in [3.05, 3.63) is 29.8 Å². The maximum Gasteiger partial charge on any atom is 0.323 e. The third-order valence-corrected chi connectivity index (χ3v) is 4.95. The number of Topliss-reactive ketones (excluding diaryl/α,β-unsaturated/α-hetero) is 1. The largest absolute Gasteiger partial charge is 0.466 e. The predicted octanol–water partition coefficient (Wildman–Crippen LogP) is 3.75. The quantitative estimate of drug-likeness (QED) is 0.241. The Balaban J connectivity index is 2.39. The molecule has 0 aliphatic heterocycles. The highest BCUT2D eigenvalue weighted by Crippen LogP contribution is 2.14. The van der Waals surface area contributed by atoms with Crippen molar-refractivity contribution in [2.45, 2.75) is 64.8 Å². The number of carbonyl (C=O) groups is 3. The summed E-state index contributed by atoms with van der Waals surface area (Å²) in [7, 11) is 3.91. The van der Waals surface area contributed by atoms with Crippen molar-refractivity contribution in [1.82, 2.24) is 5.32 Å². The maximum atomic E-state index is 12.4. The lowest BCUT2D eigenvalue weighted by Crippen LogP contribution is -2.39. The molecule has 1 N–H and O–H groups in total. The molecule has 0 spiro atoms.